The monoisotopic (exact) mass is 497 g/mol. The summed E-state index contributed by atoms with van der Waals surface area (Å²) in [7, 11) is 1.84. The molecule has 36 heavy (non-hydrogen) atoms. The van der Waals surface area contributed by atoms with Gasteiger partial charge in [-0.2, -0.15) is 0 Å². The van der Waals surface area contributed by atoms with Gasteiger partial charge in [-0.05, 0) is 85.1 Å². The fourth-order valence-electron chi connectivity index (χ4n) is 4.77. The lowest BCUT2D eigenvalue weighted by Gasteiger charge is -2.17. The Morgan fingerprint density at radius 1 is 1.00 bits per heavy atom. The molecular formula is C30H28FN3OS. The van der Waals surface area contributed by atoms with Gasteiger partial charge >= 0.3 is 0 Å². The molecule has 2 heterocycles. The first-order valence-corrected chi connectivity index (χ1v) is 12.5. The number of carbonyl (C=O) groups excluding carboxylic acids is 1. The molecule has 182 valence electrons. The maximum atomic E-state index is 13.6. The number of hydrogen-bond donors (Lipinski definition) is 0. The van der Waals surface area contributed by atoms with Crippen molar-refractivity contribution in [2.24, 2.45) is 0 Å². The van der Waals surface area contributed by atoms with Crippen LogP contribution in [0.5, 0.6) is 0 Å². The third-order valence-corrected chi connectivity index (χ3v) is 7.42. The van der Waals surface area contributed by atoms with Crippen molar-refractivity contribution in [3.63, 3.8) is 0 Å². The molecule has 0 bridgehead atoms. The van der Waals surface area contributed by atoms with Gasteiger partial charge in [-0.15, -0.1) is 0 Å². The predicted molar refractivity (Wildman–Crippen MR) is 149 cm³/mol. The van der Waals surface area contributed by atoms with Crippen molar-refractivity contribution < 1.29 is 9.18 Å². The number of aryl methyl sites for hydroxylation is 3. The van der Waals surface area contributed by atoms with Crippen molar-refractivity contribution in [1.82, 2.24) is 9.47 Å². The van der Waals surface area contributed by atoms with Crippen LogP contribution >= 0.6 is 12.2 Å². The molecule has 1 aliphatic heterocycles. The Labute approximate surface area is 216 Å². The molecule has 1 saturated heterocycles. The molecule has 4 nitrogen and oxygen atoms in total. The molecule has 0 atom stereocenters. The standard InChI is InChI=1S/C30H28FN3OS/c1-5-22-7-6-8-26-23(18-33(28(22)26)17-21-10-12-24(31)13-11-21)16-27-29(35)34(30(36)32(27)4)25-14-9-19(2)20(3)15-25/h6-16,18H,5,17H2,1-4H3/b27-16-. The minimum Gasteiger partial charge on any atom is -0.342 e. The summed E-state index contributed by atoms with van der Waals surface area (Å²) < 4.78 is 15.7. The lowest BCUT2D eigenvalue weighted by Crippen LogP contribution is -2.31. The van der Waals surface area contributed by atoms with Gasteiger partial charge in [0, 0.05) is 30.7 Å². The number of halogens is 1. The van der Waals surface area contributed by atoms with Crippen molar-refractivity contribution in [2.45, 2.75) is 33.7 Å². The minimum absolute atomic E-state index is 0.142. The smallest absolute Gasteiger partial charge is 0.281 e. The highest BCUT2D eigenvalue weighted by Gasteiger charge is 2.37. The van der Waals surface area contributed by atoms with Crippen molar-refractivity contribution in [1.29, 1.82) is 0 Å². The number of rotatable bonds is 5. The molecule has 1 fully saturated rings. The average Bonchev–Trinajstić information content (AvgIpc) is 3.32. The Kier molecular flexibility index (Phi) is 6.22. The van der Waals surface area contributed by atoms with Gasteiger partial charge in [0.05, 0.1) is 11.2 Å². The Bertz CT molecular complexity index is 1530. The van der Waals surface area contributed by atoms with E-state index in [9.17, 15) is 9.18 Å². The topological polar surface area (TPSA) is 28.5 Å². The summed E-state index contributed by atoms with van der Waals surface area (Å²) in [6.07, 6.45) is 4.88. The van der Waals surface area contributed by atoms with Crippen molar-refractivity contribution >= 4 is 45.9 Å². The van der Waals surface area contributed by atoms with E-state index in [2.05, 4.69) is 35.9 Å². The number of carbonyl (C=O) groups is 1. The van der Waals surface area contributed by atoms with Gasteiger partial charge in [-0.3, -0.25) is 9.69 Å². The summed E-state index contributed by atoms with van der Waals surface area (Å²) in [6.45, 7) is 6.82. The van der Waals surface area contributed by atoms with E-state index >= 15 is 0 Å². The van der Waals surface area contributed by atoms with Crippen LogP contribution in [0.1, 0.15) is 34.7 Å². The molecule has 6 heteroatoms. The molecule has 0 spiro atoms. The highest BCUT2D eigenvalue weighted by molar-refractivity contribution is 7.80. The molecule has 0 N–H and O–H groups in total. The van der Waals surface area contributed by atoms with Gasteiger partial charge in [0.2, 0.25) is 0 Å². The zero-order valence-electron chi connectivity index (χ0n) is 20.9. The van der Waals surface area contributed by atoms with E-state index in [-0.39, 0.29) is 11.7 Å². The molecule has 4 aromatic rings. The highest BCUT2D eigenvalue weighted by atomic mass is 32.1. The fraction of sp³-hybridized carbons (Fsp3) is 0.200. The molecule has 0 radical (unpaired) electrons. The van der Waals surface area contributed by atoms with E-state index in [4.69, 9.17) is 12.2 Å². The number of benzene rings is 3. The van der Waals surface area contributed by atoms with Crippen LogP contribution in [-0.2, 0) is 17.8 Å². The maximum absolute atomic E-state index is 13.6. The first kappa shape index (κ1) is 23.9. The van der Waals surface area contributed by atoms with Crippen LogP contribution in [0.25, 0.3) is 17.0 Å². The number of para-hydroxylation sites is 1. The van der Waals surface area contributed by atoms with Gasteiger partial charge < -0.3 is 9.47 Å². The normalized spacial score (nSPS) is 15.1. The average molecular weight is 498 g/mol. The molecule has 3 aromatic carbocycles. The second-order valence-electron chi connectivity index (χ2n) is 9.29. The largest absolute Gasteiger partial charge is 0.342 e. The minimum atomic E-state index is -0.247. The third-order valence-electron chi connectivity index (χ3n) is 6.96. The Morgan fingerprint density at radius 2 is 1.75 bits per heavy atom. The number of aromatic nitrogens is 1. The molecule has 1 amide bonds. The van der Waals surface area contributed by atoms with Crippen LogP contribution in [0, 0.1) is 19.7 Å². The van der Waals surface area contributed by atoms with Gasteiger partial charge in [-0.25, -0.2) is 4.39 Å². The highest BCUT2D eigenvalue weighted by Crippen LogP contribution is 2.32. The summed E-state index contributed by atoms with van der Waals surface area (Å²) in [5.41, 5.74) is 7.88. The van der Waals surface area contributed by atoms with E-state index < -0.39 is 0 Å². The van der Waals surface area contributed by atoms with E-state index in [1.165, 1.54) is 23.3 Å². The van der Waals surface area contributed by atoms with Gasteiger partial charge in [-0.1, -0.05) is 43.3 Å². The van der Waals surface area contributed by atoms with Gasteiger partial charge in [0.1, 0.15) is 11.5 Å². The van der Waals surface area contributed by atoms with E-state index in [0.29, 0.717) is 17.4 Å². The third kappa shape index (κ3) is 4.11. The van der Waals surface area contributed by atoms with E-state index in [0.717, 1.165) is 39.7 Å². The second kappa shape index (κ2) is 9.36. The molecule has 1 aromatic heterocycles. The summed E-state index contributed by atoms with van der Waals surface area (Å²) >= 11 is 5.68. The van der Waals surface area contributed by atoms with Crippen molar-refractivity contribution in [3.8, 4) is 0 Å². The zero-order chi connectivity index (χ0) is 25.6. The summed E-state index contributed by atoms with van der Waals surface area (Å²) in [6, 6.07) is 18.8. The number of hydrogen-bond acceptors (Lipinski definition) is 2. The van der Waals surface area contributed by atoms with E-state index in [1.807, 2.05) is 57.3 Å². The number of anilines is 1. The fourth-order valence-corrected chi connectivity index (χ4v) is 5.06. The van der Waals surface area contributed by atoms with E-state index in [1.54, 1.807) is 9.80 Å². The van der Waals surface area contributed by atoms with Crippen molar-refractivity contribution in [2.75, 3.05) is 11.9 Å². The van der Waals surface area contributed by atoms with Crippen LogP contribution in [0.3, 0.4) is 0 Å². The SMILES string of the molecule is CCc1cccc2c(/C=C3/C(=O)N(c4ccc(C)c(C)c4)C(=S)N3C)cn(Cc3ccc(F)cc3)c12. The maximum Gasteiger partial charge on any atom is 0.281 e. The summed E-state index contributed by atoms with van der Waals surface area (Å²) in [5, 5.41) is 1.53. The molecule has 0 aliphatic carbocycles. The molecular weight excluding hydrogens is 469 g/mol. The molecule has 0 unspecified atom stereocenters. The number of thiocarbonyl (C=S) groups is 1. The predicted octanol–water partition coefficient (Wildman–Crippen LogP) is 6.61. The summed E-state index contributed by atoms with van der Waals surface area (Å²) in [4.78, 5) is 17.0. The van der Waals surface area contributed by atoms with Gasteiger partial charge in [0.25, 0.3) is 5.91 Å². The molecule has 5 rings (SSSR count). The van der Waals surface area contributed by atoms with Crippen LogP contribution in [0.2, 0.25) is 0 Å². The Balaban J connectivity index is 1.59. The van der Waals surface area contributed by atoms with Gasteiger partial charge in [0.15, 0.2) is 5.11 Å². The number of amides is 1. The lowest BCUT2D eigenvalue weighted by molar-refractivity contribution is -0.114. The first-order valence-electron chi connectivity index (χ1n) is 12.0. The zero-order valence-corrected chi connectivity index (χ0v) is 21.7. The first-order chi connectivity index (χ1) is 17.3. The van der Waals surface area contributed by atoms with Crippen LogP contribution in [-0.4, -0.2) is 27.5 Å². The Morgan fingerprint density at radius 3 is 2.44 bits per heavy atom. The lowest BCUT2D eigenvalue weighted by atomic mass is 10.1. The van der Waals surface area contributed by atoms with Crippen LogP contribution < -0.4 is 4.90 Å². The van der Waals surface area contributed by atoms with Crippen LogP contribution in [0.15, 0.2) is 72.6 Å². The quantitative estimate of drug-likeness (QED) is 0.229. The second-order valence-corrected chi connectivity index (χ2v) is 9.65. The molecule has 1 aliphatic rings. The summed E-state index contributed by atoms with van der Waals surface area (Å²) in [5.74, 6) is -0.389. The number of nitrogens with zero attached hydrogens (tertiary/aromatic N) is 3. The molecule has 0 saturated carbocycles. The number of fused-ring (bicyclic) bond motifs is 1. The number of likely N-dealkylation sites (N-methyl/N-ethyl adjacent to an activating group) is 1. The Hall–Kier alpha value is -3.77. The van der Waals surface area contributed by atoms with Crippen molar-refractivity contribution in [3.05, 3.63) is 106 Å². The van der Waals surface area contributed by atoms with Crippen LogP contribution in [0.4, 0.5) is 10.1 Å².